The number of nitrogens with zero attached hydrogens (tertiary/aromatic N) is 2. The van der Waals surface area contributed by atoms with Crippen molar-refractivity contribution in [2.24, 2.45) is 0 Å². The molecule has 0 bridgehead atoms. The van der Waals surface area contributed by atoms with E-state index < -0.39 is 5.97 Å². The third kappa shape index (κ3) is 3.90. The van der Waals surface area contributed by atoms with Gasteiger partial charge in [-0.25, -0.2) is 14.2 Å². The Morgan fingerprint density at radius 3 is 2.56 bits per heavy atom. The summed E-state index contributed by atoms with van der Waals surface area (Å²) in [6.07, 6.45) is 1.91. The van der Waals surface area contributed by atoms with E-state index in [0.29, 0.717) is 41.8 Å². The lowest BCUT2D eigenvalue weighted by Crippen LogP contribution is -2.31. The van der Waals surface area contributed by atoms with Crippen molar-refractivity contribution in [3.63, 3.8) is 0 Å². The smallest absolute Gasteiger partial charge is 0.336 e. The van der Waals surface area contributed by atoms with Crippen LogP contribution >= 0.6 is 0 Å². The molecule has 0 saturated heterocycles. The molecule has 5 heteroatoms. The number of hydrogen-bond acceptors (Lipinski definition) is 3. The summed E-state index contributed by atoms with van der Waals surface area (Å²) in [4.78, 5) is 19.4. The van der Waals surface area contributed by atoms with Gasteiger partial charge in [0, 0.05) is 30.6 Å². The first-order valence-electron chi connectivity index (χ1n) is 10.5. The average Bonchev–Trinajstić information content (AvgIpc) is 2.78. The van der Waals surface area contributed by atoms with Gasteiger partial charge in [-0.15, -0.1) is 0 Å². The number of benzene rings is 3. The van der Waals surface area contributed by atoms with Crippen LogP contribution in [0.4, 0.5) is 4.39 Å². The van der Waals surface area contributed by atoms with Crippen molar-refractivity contribution in [2.45, 2.75) is 13.1 Å². The predicted octanol–water partition coefficient (Wildman–Crippen LogP) is 5.63. The molecular weight excluding hydrogens is 403 g/mol. The van der Waals surface area contributed by atoms with Gasteiger partial charge < -0.3 is 5.11 Å². The standard InChI is InChI=1S/C27H21FN2O2/c28-21-10-6-9-19(14-21)13-20-16-30(15-18-7-2-1-3-8-18)17-23-25(27(31)32)22-11-4-5-12-24(22)29-26(20)23/h1-14H,15-17H2,(H,31,32). The second-order valence-electron chi connectivity index (χ2n) is 7.99. The number of para-hydroxylation sites is 1. The van der Waals surface area contributed by atoms with Crippen LogP contribution in [0.2, 0.25) is 0 Å². The predicted molar refractivity (Wildman–Crippen MR) is 124 cm³/mol. The van der Waals surface area contributed by atoms with Gasteiger partial charge in [-0.2, -0.15) is 0 Å². The molecule has 4 nitrogen and oxygen atoms in total. The van der Waals surface area contributed by atoms with E-state index in [9.17, 15) is 14.3 Å². The number of carboxylic acid groups (broad SMARTS) is 1. The Morgan fingerprint density at radius 2 is 1.78 bits per heavy atom. The molecule has 1 aliphatic rings. The quantitative estimate of drug-likeness (QED) is 0.461. The topological polar surface area (TPSA) is 53.4 Å². The van der Waals surface area contributed by atoms with Crippen LogP contribution in [0.15, 0.2) is 78.9 Å². The Morgan fingerprint density at radius 1 is 1.00 bits per heavy atom. The van der Waals surface area contributed by atoms with E-state index in [1.807, 2.05) is 48.5 Å². The fourth-order valence-electron chi connectivity index (χ4n) is 4.38. The number of hydrogen-bond donors (Lipinski definition) is 1. The molecule has 0 saturated carbocycles. The molecular formula is C27H21FN2O2. The third-order valence-corrected chi connectivity index (χ3v) is 5.73. The van der Waals surface area contributed by atoms with E-state index in [4.69, 9.17) is 4.98 Å². The van der Waals surface area contributed by atoms with Crippen LogP contribution in [-0.2, 0) is 13.1 Å². The number of fused-ring (bicyclic) bond motifs is 2. The molecule has 158 valence electrons. The van der Waals surface area contributed by atoms with Gasteiger partial charge in [-0.05, 0) is 41.0 Å². The summed E-state index contributed by atoms with van der Waals surface area (Å²) in [7, 11) is 0. The van der Waals surface area contributed by atoms with Crippen molar-refractivity contribution in [3.05, 3.63) is 113 Å². The van der Waals surface area contributed by atoms with Crippen LogP contribution in [0.5, 0.6) is 0 Å². The monoisotopic (exact) mass is 424 g/mol. The number of halogens is 1. The second-order valence-corrected chi connectivity index (χ2v) is 7.99. The zero-order chi connectivity index (χ0) is 22.1. The molecule has 0 atom stereocenters. The summed E-state index contributed by atoms with van der Waals surface area (Å²) in [5.41, 5.74) is 5.04. The van der Waals surface area contributed by atoms with E-state index in [1.54, 1.807) is 12.1 Å². The minimum Gasteiger partial charge on any atom is -0.478 e. The van der Waals surface area contributed by atoms with E-state index in [2.05, 4.69) is 17.0 Å². The fourth-order valence-corrected chi connectivity index (χ4v) is 4.38. The van der Waals surface area contributed by atoms with Gasteiger partial charge in [0.05, 0.1) is 16.8 Å². The number of pyridine rings is 1. The van der Waals surface area contributed by atoms with Crippen molar-refractivity contribution >= 4 is 28.5 Å². The maximum Gasteiger partial charge on any atom is 0.336 e. The molecule has 4 aromatic rings. The van der Waals surface area contributed by atoms with Crippen molar-refractivity contribution in [1.82, 2.24) is 9.88 Å². The van der Waals surface area contributed by atoms with Crippen molar-refractivity contribution in [2.75, 3.05) is 6.54 Å². The minimum atomic E-state index is -0.966. The van der Waals surface area contributed by atoms with Gasteiger partial charge in [0.1, 0.15) is 5.82 Å². The highest BCUT2D eigenvalue weighted by atomic mass is 19.1. The molecule has 32 heavy (non-hydrogen) atoms. The number of carboxylic acids is 1. The zero-order valence-electron chi connectivity index (χ0n) is 17.3. The van der Waals surface area contributed by atoms with E-state index >= 15 is 0 Å². The summed E-state index contributed by atoms with van der Waals surface area (Å²) >= 11 is 0. The molecule has 1 N–H and O–H groups in total. The van der Waals surface area contributed by atoms with Crippen LogP contribution in [0.25, 0.3) is 22.6 Å². The SMILES string of the molecule is O=C(O)c1c2c(nc3ccccc13)C(=Cc1cccc(F)c1)CN(Cc1ccccc1)C2. The number of aromatic carboxylic acids is 1. The number of rotatable bonds is 4. The van der Waals surface area contributed by atoms with Gasteiger partial charge >= 0.3 is 5.97 Å². The highest BCUT2D eigenvalue weighted by Gasteiger charge is 2.28. The molecule has 0 unspecified atom stereocenters. The first-order valence-corrected chi connectivity index (χ1v) is 10.5. The van der Waals surface area contributed by atoms with Crippen molar-refractivity contribution < 1.29 is 14.3 Å². The lowest BCUT2D eigenvalue weighted by molar-refractivity contribution is 0.0696. The molecule has 0 radical (unpaired) electrons. The van der Waals surface area contributed by atoms with Crippen molar-refractivity contribution in [1.29, 1.82) is 0 Å². The van der Waals surface area contributed by atoms with Gasteiger partial charge in [0.15, 0.2) is 0 Å². The van der Waals surface area contributed by atoms with Crippen LogP contribution in [0, 0.1) is 5.82 Å². The Bertz CT molecular complexity index is 1350. The van der Waals surface area contributed by atoms with Crippen LogP contribution in [0.1, 0.15) is 32.7 Å². The lowest BCUT2D eigenvalue weighted by atomic mass is 9.91. The van der Waals surface area contributed by atoms with Crippen LogP contribution in [-0.4, -0.2) is 27.5 Å². The molecule has 0 spiro atoms. The summed E-state index contributed by atoms with van der Waals surface area (Å²) in [5.74, 6) is -1.28. The third-order valence-electron chi connectivity index (χ3n) is 5.73. The Hall–Kier alpha value is -3.83. The van der Waals surface area contributed by atoms with Crippen LogP contribution < -0.4 is 0 Å². The summed E-state index contributed by atoms with van der Waals surface area (Å²) in [5, 5.41) is 10.7. The van der Waals surface area contributed by atoms with Gasteiger partial charge in [0.25, 0.3) is 0 Å². The maximum absolute atomic E-state index is 13.8. The molecule has 0 amide bonds. The summed E-state index contributed by atoms with van der Waals surface area (Å²) < 4.78 is 13.8. The van der Waals surface area contributed by atoms with Gasteiger partial charge in [-0.3, -0.25) is 4.90 Å². The van der Waals surface area contributed by atoms with Gasteiger partial charge in [0.2, 0.25) is 0 Å². The minimum absolute atomic E-state index is 0.286. The molecule has 0 fully saturated rings. The van der Waals surface area contributed by atoms with E-state index in [1.165, 1.54) is 12.1 Å². The molecule has 5 rings (SSSR count). The first-order chi connectivity index (χ1) is 15.6. The molecule has 1 aliphatic heterocycles. The van der Waals surface area contributed by atoms with Crippen LogP contribution in [0.3, 0.4) is 0 Å². The lowest BCUT2D eigenvalue weighted by Gasteiger charge is -2.31. The van der Waals surface area contributed by atoms with Gasteiger partial charge in [-0.1, -0.05) is 60.7 Å². The Kier molecular flexibility index (Phi) is 5.25. The molecule has 2 heterocycles. The second kappa shape index (κ2) is 8.36. The highest BCUT2D eigenvalue weighted by molar-refractivity contribution is 6.06. The van der Waals surface area contributed by atoms with Crippen molar-refractivity contribution in [3.8, 4) is 0 Å². The van der Waals surface area contributed by atoms with E-state index in [0.717, 1.165) is 16.7 Å². The normalized spacial score (nSPS) is 15.1. The number of carbonyl (C=O) groups is 1. The fraction of sp³-hybridized carbons (Fsp3) is 0.111. The first kappa shape index (κ1) is 20.1. The summed E-state index contributed by atoms with van der Waals surface area (Å²) in [6.45, 7) is 1.74. The Labute approximate surface area is 185 Å². The molecule has 0 aliphatic carbocycles. The maximum atomic E-state index is 13.8. The molecule has 1 aromatic heterocycles. The number of aromatic nitrogens is 1. The average molecular weight is 424 g/mol. The summed E-state index contributed by atoms with van der Waals surface area (Å²) in [6, 6.07) is 23.8. The van der Waals surface area contributed by atoms with E-state index in [-0.39, 0.29) is 11.4 Å². The largest absolute Gasteiger partial charge is 0.478 e. The zero-order valence-corrected chi connectivity index (χ0v) is 17.3. The molecule has 3 aromatic carbocycles. The Balaban J connectivity index is 1.69. The highest BCUT2D eigenvalue weighted by Crippen LogP contribution is 2.34.